The molecular formula is C25H30N4O5. The second kappa shape index (κ2) is 10.7. The van der Waals surface area contributed by atoms with Crippen molar-refractivity contribution in [3.8, 4) is 5.75 Å². The van der Waals surface area contributed by atoms with Crippen molar-refractivity contribution in [3.63, 3.8) is 0 Å². The molecule has 9 nitrogen and oxygen atoms in total. The Labute approximate surface area is 198 Å². The first-order valence-electron chi connectivity index (χ1n) is 11.0. The van der Waals surface area contributed by atoms with Gasteiger partial charge in [-0.3, -0.25) is 9.59 Å². The minimum absolute atomic E-state index is 0.154. The standard InChI is InChI=1S/C25H30N4O5/c1-16(30)28-18-5-7-19(8-6-18)29-23(31)15-33-20-9-10-22-21(13-20)17(14-27-22)11-12-26-24(32)34-25(2,3)4/h5-10,13-14,27H,11-12,15H2,1-4H3,(H,26,32)(H,28,30)(H,29,31). The van der Waals surface area contributed by atoms with E-state index in [4.69, 9.17) is 9.47 Å². The van der Waals surface area contributed by atoms with E-state index in [2.05, 4.69) is 20.9 Å². The fourth-order valence-electron chi connectivity index (χ4n) is 3.25. The molecule has 0 radical (unpaired) electrons. The average Bonchev–Trinajstić information content (AvgIpc) is 3.14. The zero-order valence-electron chi connectivity index (χ0n) is 19.8. The number of amides is 3. The smallest absolute Gasteiger partial charge is 0.407 e. The Bertz CT molecular complexity index is 1160. The highest BCUT2D eigenvalue weighted by Gasteiger charge is 2.16. The van der Waals surface area contributed by atoms with Crippen LogP contribution in [0.1, 0.15) is 33.3 Å². The van der Waals surface area contributed by atoms with Crippen LogP contribution < -0.4 is 20.7 Å². The minimum atomic E-state index is -0.542. The summed E-state index contributed by atoms with van der Waals surface area (Å²) in [5.41, 5.74) is 2.66. The van der Waals surface area contributed by atoms with Gasteiger partial charge in [0.25, 0.3) is 5.91 Å². The SMILES string of the molecule is CC(=O)Nc1ccc(NC(=O)COc2ccc3[nH]cc(CCNC(=O)OC(C)(C)C)c3c2)cc1. The second-order valence-corrected chi connectivity index (χ2v) is 8.80. The van der Waals surface area contributed by atoms with Gasteiger partial charge in [0.05, 0.1) is 0 Å². The third kappa shape index (κ3) is 7.54. The van der Waals surface area contributed by atoms with Crippen molar-refractivity contribution in [2.45, 2.75) is 39.7 Å². The van der Waals surface area contributed by atoms with Crippen LogP contribution in [0.5, 0.6) is 5.75 Å². The van der Waals surface area contributed by atoms with E-state index >= 15 is 0 Å². The summed E-state index contributed by atoms with van der Waals surface area (Å²) < 4.78 is 10.9. The lowest BCUT2D eigenvalue weighted by molar-refractivity contribution is -0.118. The first-order chi connectivity index (χ1) is 16.1. The maximum atomic E-state index is 12.3. The number of hydrogen-bond acceptors (Lipinski definition) is 5. The Balaban J connectivity index is 1.52. The number of carbonyl (C=O) groups excluding carboxylic acids is 3. The largest absolute Gasteiger partial charge is 0.484 e. The van der Waals surface area contributed by atoms with Crippen LogP contribution in [-0.4, -0.2) is 41.6 Å². The molecule has 34 heavy (non-hydrogen) atoms. The van der Waals surface area contributed by atoms with Crippen LogP contribution in [0.3, 0.4) is 0 Å². The van der Waals surface area contributed by atoms with Crippen LogP contribution >= 0.6 is 0 Å². The second-order valence-electron chi connectivity index (χ2n) is 8.80. The van der Waals surface area contributed by atoms with Crippen LogP contribution in [0.15, 0.2) is 48.7 Å². The zero-order valence-corrected chi connectivity index (χ0v) is 19.8. The molecule has 0 aliphatic heterocycles. The summed E-state index contributed by atoms with van der Waals surface area (Å²) in [6.07, 6.45) is 2.05. The number of H-pyrrole nitrogens is 1. The monoisotopic (exact) mass is 466 g/mol. The molecule has 1 aromatic heterocycles. The maximum absolute atomic E-state index is 12.3. The molecular weight excluding hydrogens is 436 g/mol. The molecule has 1 heterocycles. The van der Waals surface area contributed by atoms with E-state index in [1.807, 2.05) is 39.1 Å². The molecule has 3 aromatic rings. The Morgan fingerprint density at radius 2 is 1.65 bits per heavy atom. The topological polar surface area (TPSA) is 122 Å². The number of aromatic amines is 1. The number of aromatic nitrogens is 1. The van der Waals surface area contributed by atoms with Crippen molar-refractivity contribution in [1.29, 1.82) is 0 Å². The summed E-state index contributed by atoms with van der Waals surface area (Å²) in [7, 11) is 0. The molecule has 0 spiro atoms. The first-order valence-corrected chi connectivity index (χ1v) is 11.0. The fraction of sp³-hybridized carbons (Fsp3) is 0.320. The highest BCUT2D eigenvalue weighted by molar-refractivity contribution is 5.93. The lowest BCUT2D eigenvalue weighted by Crippen LogP contribution is -2.33. The van der Waals surface area contributed by atoms with Crippen molar-refractivity contribution >= 4 is 40.2 Å². The Hall–Kier alpha value is -4.01. The molecule has 0 fully saturated rings. The van der Waals surface area contributed by atoms with E-state index in [0.717, 1.165) is 16.5 Å². The number of nitrogens with one attached hydrogen (secondary N) is 4. The van der Waals surface area contributed by atoms with Gasteiger partial charge < -0.3 is 30.4 Å². The third-order valence-corrected chi connectivity index (χ3v) is 4.66. The molecule has 3 rings (SSSR count). The minimum Gasteiger partial charge on any atom is -0.484 e. The quantitative estimate of drug-likeness (QED) is 0.396. The van der Waals surface area contributed by atoms with Crippen LogP contribution in [0, 0.1) is 0 Å². The lowest BCUT2D eigenvalue weighted by atomic mass is 10.1. The van der Waals surface area contributed by atoms with Gasteiger partial charge in [0.15, 0.2) is 6.61 Å². The molecule has 9 heteroatoms. The molecule has 3 amide bonds. The number of benzene rings is 2. The lowest BCUT2D eigenvalue weighted by Gasteiger charge is -2.19. The van der Waals surface area contributed by atoms with Crippen molar-refractivity contribution < 1.29 is 23.9 Å². The highest BCUT2D eigenvalue weighted by Crippen LogP contribution is 2.24. The highest BCUT2D eigenvalue weighted by atomic mass is 16.6. The first kappa shape index (κ1) is 24.6. The summed E-state index contributed by atoms with van der Waals surface area (Å²) >= 11 is 0. The fourth-order valence-corrected chi connectivity index (χ4v) is 3.25. The van der Waals surface area contributed by atoms with Crippen molar-refractivity contribution in [2.75, 3.05) is 23.8 Å². The van der Waals surface area contributed by atoms with Crippen LogP contribution in [0.25, 0.3) is 10.9 Å². The van der Waals surface area contributed by atoms with Crippen molar-refractivity contribution in [2.24, 2.45) is 0 Å². The van der Waals surface area contributed by atoms with Gasteiger partial charge >= 0.3 is 6.09 Å². The molecule has 0 unspecified atom stereocenters. The summed E-state index contributed by atoms with van der Waals surface area (Å²) in [6, 6.07) is 12.3. The molecule has 0 aliphatic rings. The maximum Gasteiger partial charge on any atom is 0.407 e. The van der Waals surface area contributed by atoms with E-state index in [1.54, 1.807) is 30.3 Å². The van der Waals surface area contributed by atoms with Crippen LogP contribution in [0.4, 0.5) is 16.2 Å². The van der Waals surface area contributed by atoms with E-state index < -0.39 is 11.7 Å². The average molecular weight is 467 g/mol. The summed E-state index contributed by atoms with van der Waals surface area (Å²) in [5.74, 6) is 0.0971. The van der Waals surface area contributed by atoms with Gasteiger partial charge in [-0.2, -0.15) is 0 Å². The molecule has 0 aliphatic carbocycles. The Morgan fingerprint density at radius 1 is 0.971 bits per heavy atom. The van der Waals surface area contributed by atoms with Gasteiger partial charge in [-0.1, -0.05) is 0 Å². The molecule has 0 saturated heterocycles. The number of alkyl carbamates (subject to hydrolysis) is 1. The van der Waals surface area contributed by atoms with E-state index in [-0.39, 0.29) is 18.4 Å². The molecule has 180 valence electrons. The van der Waals surface area contributed by atoms with Crippen LogP contribution in [0.2, 0.25) is 0 Å². The number of hydrogen-bond donors (Lipinski definition) is 4. The van der Waals surface area contributed by atoms with Gasteiger partial charge in [-0.15, -0.1) is 0 Å². The van der Waals surface area contributed by atoms with E-state index in [9.17, 15) is 14.4 Å². The van der Waals surface area contributed by atoms with Crippen molar-refractivity contribution in [1.82, 2.24) is 10.3 Å². The molecule has 4 N–H and O–H groups in total. The summed E-state index contributed by atoms with van der Waals surface area (Å²) in [6.45, 7) is 7.16. The van der Waals surface area contributed by atoms with Gasteiger partial charge in [-0.25, -0.2) is 4.79 Å². The number of fused-ring (bicyclic) bond motifs is 1. The van der Waals surface area contributed by atoms with E-state index in [1.165, 1.54) is 6.92 Å². The van der Waals surface area contributed by atoms with Gasteiger partial charge in [0, 0.05) is 41.9 Å². The summed E-state index contributed by atoms with van der Waals surface area (Å²) in [4.78, 5) is 38.4. The van der Waals surface area contributed by atoms with Crippen LogP contribution in [-0.2, 0) is 20.7 Å². The summed E-state index contributed by atoms with van der Waals surface area (Å²) in [5, 5.41) is 9.13. The Morgan fingerprint density at radius 3 is 2.29 bits per heavy atom. The molecule has 0 saturated carbocycles. The number of rotatable bonds is 8. The third-order valence-electron chi connectivity index (χ3n) is 4.66. The Kier molecular flexibility index (Phi) is 7.78. The molecule has 0 atom stereocenters. The van der Waals surface area contributed by atoms with Gasteiger partial charge in [0.2, 0.25) is 5.91 Å². The van der Waals surface area contributed by atoms with Gasteiger partial charge in [0.1, 0.15) is 11.4 Å². The van der Waals surface area contributed by atoms with Gasteiger partial charge in [-0.05, 0) is 75.2 Å². The number of anilines is 2. The predicted molar refractivity (Wildman–Crippen MR) is 131 cm³/mol. The normalized spacial score (nSPS) is 11.1. The number of ether oxygens (including phenoxy) is 2. The predicted octanol–water partition coefficient (Wildman–Crippen LogP) is 4.21. The van der Waals surface area contributed by atoms with E-state index in [0.29, 0.717) is 30.1 Å². The molecule has 2 aromatic carbocycles. The van der Waals surface area contributed by atoms with Crippen molar-refractivity contribution in [3.05, 3.63) is 54.2 Å². The number of carbonyl (C=O) groups is 3. The zero-order chi connectivity index (χ0) is 24.7. The molecule has 0 bridgehead atoms.